The molecule has 2 heterocycles. The summed E-state index contributed by atoms with van der Waals surface area (Å²) in [5, 5.41) is 8.66. The maximum Gasteiger partial charge on any atom is 0.328 e. The van der Waals surface area contributed by atoms with Gasteiger partial charge in [0.25, 0.3) is 0 Å². The van der Waals surface area contributed by atoms with Crippen molar-refractivity contribution in [3.05, 3.63) is 30.0 Å². The maximum absolute atomic E-state index is 10.5. The van der Waals surface area contributed by atoms with Crippen LogP contribution in [0, 0.1) is 0 Å². The van der Waals surface area contributed by atoms with E-state index in [-0.39, 0.29) is 0 Å². The zero-order chi connectivity index (χ0) is 12.3. The monoisotopic (exact) mass is 232 g/mol. The van der Waals surface area contributed by atoms with Crippen LogP contribution in [0.5, 0.6) is 0 Å². The fourth-order valence-electron chi connectivity index (χ4n) is 2.19. The molecule has 90 valence electrons. The molecule has 17 heavy (non-hydrogen) atoms. The summed E-state index contributed by atoms with van der Waals surface area (Å²) in [4.78, 5) is 17.2. The van der Waals surface area contributed by atoms with Gasteiger partial charge in [0.1, 0.15) is 5.82 Å². The number of hydrogen-bond acceptors (Lipinski definition) is 3. The van der Waals surface area contributed by atoms with E-state index in [0.717, 1.165) is 24.0 Å². The summed E-state index contributed by atoms with van der Waals surface area (Å²) in [5.41, 5.74) is 0.864. The van der Waals surface area contributed by atoms with Crippen LogP contribution in [0.1, 0.15) is 25.3 Å². The van der Waals surface area contributed by atoms with Crippen molar-refractivity contribution in [2.24, 2.45) is 0 Å². The molecule has 1 N–H and O–H groups in total. The number of pyridine rings is 1. The standard InChI is InChI=1S/C13H16N2O2/c1-10-4-3-9-15(10)13-11(5-2-8-14-13)6-7-12(16)17/h2,5-8,10H,3-4,9H2,1H3,(H,16,17)/b7-6+. The third-order valence-corrected chi connectivity index (χ3v) is 3.05. The lowest BCUT2D eigenvalue weighted by Crippen LogP contribution is -2.27. The van der Waals surface area contributed by atoms with E-state index in [9.17, 15) is 4.79 Å². The quantitative estimate of drug-likeness (QED) is 0.811. The van der Waals surface area contributed by atoms with Gasteiger partial charge in [0.05, 0.1) is 0 Å². The van der Waals surface area contributed by atoms with Crippen LogP contribution in [0.2, 0.25) is 0 Å². The van der Waals surface area contributed by atoms with Crippen molar-refractivity contribution in [3.8, 4) is 0 Å². The molecule has 0 bridgehead atoms. The van der Waals surface area contributed by atoms with Crippen molar-refractivity contribution in [1.29, 1.82) is 0 Å². The van der Waals surface area contributed by atoms with E-state index in [4.69, 9.17) is 5.11 Å². The van der Waals surface area contributed by atoms with Crippen LogP contribution < -0.4 is 4.90 Å². The van der Waals surface area contributed by atoms with Gasteiger partial charge in [-0.15, -0.1) is 0 Å². The van der Waals surface area contributed by atoms with Gasteiger partial charge in [0, 0.05) is 30.4 Å². The minimum Gasteiger partial charge on any atom is -0.478 e. The lowest BCUT2D eigenvalue weighted by molar-refractivity contribution is -0.131. The maximum atomic E-state index is 10.5. The summed E-state index contributed by atoms with van der Waals surface area (Å²) in [6.07, 6.45) is 6.84. The van der Waals surface area contributed by atoms with E-state index >= 15 is 0 Å². The van der Waals surface area contributed by atoms with Crippen LogP contribution >= 0.6 is 0 Å². The smallest absolute Gasteiger partial charge is 0.328 e. The summed E-state index contributed by atoms with van der Waals surface area (Å²) in [7, 11) is 0. The Balaban J connectivity index is 2.30. The Hall–Kier alpha value is -1.84. The molecule has 2 rings (SSSR count). The first-order valence-corrected chi connectivity index (χ1v) is 5.81. The molecule has 0 spiro atoms. The molecule has 0 amide bonds. The van der Waals surface area contributed by atoms with E-state index in [1.54, 1.807) is 12.3 Å². The molecule has 1 aromatic rings. The predicted molar refractivity (Wildman–Crippen MR) is 66.9 cm³/mol. The highest BCUT2D eigenvalue weighted by atomic mass is 16.4. The molecule has 0 radical (unpaired) electrons. The number of anilines is 1. The van der Waals surface area contributed by atoms with Gasteiger partial charge in [-0.25, -0.2) is 9.78 Å². The number of hydrogen-bond donors (Lipinski definition) is 1. The summed E-state index contributed by atoms with van der Waals surface area (Å²) in [6, 6.07) is 4.19. The Morgan fingerprint density at radius 2 is 2.47 bits per heavy atom. The summed E-state index contributed by atoms with van der Waals surface area (Å²) < 4.78 is 0. The van der Waals surface area contributed by atoms with Gasteiger partial charge in [0.15, 0.2) is 0 Å². The van der Waals surface area contributed by atoms with E-state index in [1.807, 2.05) is 12.1 Å². The Labute approximate surface area is 101 Å². The molecule has 1 unspecified atom stereocenters. The van der Waals surface area contributed by atoms with Crippen LogP contribution in [0.4, 0.5) is 5.82 Å². The molecule has 1 aliphatic heterocycles. The van der Waals surface area contributed by atoms with Gasteiger partial charge in [-0.1, -0.05) is 0 Å². The number of carboxylic acid groups (broad SMARTS) is 1. The zero-order valence-electron chi connectivity index (χ0n) is 9.84. The SMILES string of the molecule is CC1CCCN1c1ncccc1/C=C/C(=O)O. The van der Waals surface area contributed by atoms with E-state index in [0.29, 0.717) is 6.04 Å². The van der Waals surface area contributed by atoms with Crippen LogP contribution in [0.15, 0.2) is 24.4 Å². The molecule has 0 aromatic carbocycles. The zero-order valence-corrected chi connectivity index (χ0v) is 9.84. The molecule has 4 heteroatoms. The average molecular weight is 232 g/mol. The van der Waals surface area contributed by atoms with Crippen LogP contribution in [-0.4, -0.2) is 28.6 Å². The molecular formula is C13H16N2O2. The van der Waals surface area contributed by atoms with Crippen molar-refractivity contribution in [3.63, 3.8) is 0 Å². The van der Waals surface area contributed by atoms with Crippen LogP contribution in [-0.2, 0) is 4.79 Å². The molecular weight excluding hydrogens is 216 g/mol. The first-order valence-electron chi connectivity index (χ1n) is 5.81. The highest BCUT2D eigenvalue weighted by Crippen LogP contribution is 2.26. The second kappa shape index (κ2) is 4.99. The van der Waals surface area contributed by atoms with Crippen molar-refractivity contribution in [2.45, 2.75) is 25.8 Å². The van der Waals surface area contributed by atoms with Gasteiger partial charge >= 0.3 is 5.97 Å². The molecule has 1 atom stereocenters. The second-order valence-electron chi connectivity index (χ2n) is 4.27. The molecule has 4 nitrogen and oxygen atoms in total. The lowest BCUT2D eigenvalue weighted by atomic mass is 10.2. The number of carboxylic acids is 1. The average Bonchev–Trinajstić information content (AvgIpc) is 2.73. The van der Waals surface area contributed by atoms with Crippen molar-refractivity contribution in [2.75, 3.05) is 11.4 Å². The number of carbonyl (C=O) groups is 1. The normalized spacial score (nSPS) is 20.1. The Morgan fingerprint density at radius 1 is 1.65 bits per heavy atom. The lowest BCUT2D eigenvalue weighted by Gasteiger charge is -2.24. The minimum atomic E-state index is -0.936. The molecule has 1 aromatic heterocycles. The molecule has 1 fully saturated rings. The Kier molecular flexibility index (Phi) is 3.42. The summed E-state index contributed by atoms with van der Waals surface area (Å²) in [5.74, 6) is -0.0516. The van der Waals surface area contributed by atoms with Gasteiger partial charge in [-0.2, -0.15) is 0 Å². The third-order valence-electron chi connectivity index (χ3n) is 3.05. The molecule has 0 aliphatic carbocycles. The third kappa shape index (κ3) is 2.64. The van der Waals surface area contributed by atoms with Gasteiger partial charge in [-0.3, -0.25) is 0 Å². The van der Waals surface area contributed by atoms with Crippen molar-refractivity contribution < 1.29 is 9.90 Å². The first-order chi connectivity index (χ1) is 8.18. The fraction of sp³-hybridized carbons (Fsp3) is 0.385. The highest BCUT2D eigenvalue weighted by Gasteiger charge is 2.22. The molecule has 0 saturated carbocycles. The number of aliphatic carboxylic acids is 1. The number of aromatic nitrogens is 1. The second-order valence-corrected chi connectivity index (χ2v) is 4.27. The van der Waals surface area contributed by atoms with Crippen molar-refractivity contribution in [1.82, 2.24) is 4.98 Å². The van der Waals surface area contributed by atoms with Crippen molar-refractivity contribution >= 4 is 17.9 Å². The Morgan fingerprint density at radius 3 is 3.12 bits per heavy atom. The predicted octanol–water partition coefficient (Wildman–Crippen LogP) is 2.17. The summed E-state index contributed by atoms with van der Waals surface area (Å²) in [6.45, 7) is 3.17. The Bertz CT molecular complexity index is 443. The highest BCUT2D eigenvalue weighted by molar-refractivity contribution is 5.86. The fourth-order valence-corrected chi connectivity index (χ4v) is 2.19. The number of rotatable bonds is 3. The number of nitrogens with zero attached hydrogens (tertiary/aromatic N) is 2. The molecule has 1 aliphatic rings. The van der Waals surface area contributed by atoms with E-state index < -0.39 is 5.97 Å². The first kappa shape index (κ1) is 11.6. The van der Waals surface area contributed by atoms with E-state index in [2.05, 4.69) is 16.8 Å². The largest absolute Gasteiger partial charge is 0.478 e. The molecule has 1 saturated heterocycles. The van der Waals surface area contributed by atoms with Gasteiger partial charge in [0.2, 0.25) is 0 Å². The van der Waals surface area contributed by atoms with Gasteiger partial charge < -0.3 is 10.0 Å². The minimum absolute atomic E-state index is 0.474. The van der Waals surface area contributed by atoms with E-state index in [1.165, 1.54) is 12.8 Å². The summed E-state index contributed by atoms with van der Waals surface area (Å²) >= 11 is 0. The van der Waals surface area contributed by atoms with Gasteiger partial charge in [-0.05, 0) is 38.0 Å². The van der Waals surface area contributed by atoms with Crippen LogP contribution in [0.3, 0.4) is 0 Å². The topological polar surface area (TPSA) is 53.4 Å². The van der Waals surface area contributed by atoms with Crippen LogP contribution in [0.25, 0.3) is 6.08 Å².